The van der Waals surface area contributed by atoms with Crippen LogP contribution in [-0.2, 0) is 13.1 Å². The van der Waals surface area contributed by atoms with Crippen molar-refractivity contribution in [3.05, 3.63) is 64.5 Å². The van der Waals surface area contributed by atoms with Crippen LogP contribution in [0.4, 0.5) is 0 Å². The normalized spacial score (nSPS) is 11.4. The Labute approximate surface area is 126 Å². The van der Waals surface area contributed by atoms with Crippen LogP contribution in [0.15, 0.2) is 47.7 Å². The first-order valence-electron chi connectivity index (χ1n) is 7.04. The van der Waals surface area contributed by atoms with Gasteiger partial charge < -0.3 is 5.11 Å². The number of pyridine rings is 1. The van der Waals surface area contributed by atoms with Gasteiger partial charge in [-0.1, -0.05) is 6.07 Å². The van der Waals surface area contributed by atoms with E-state index >= 15 is 0 Å². The Kier molecular flexibility index (Phi) is 4.27. The second kappa shape index (κ2) is 6.50. The van der Waals surface area contributed by atoms with Gasteiger partial charge in [-0.25, -0.2) is 9.50 Å². The fourth-order valence-electron chi connectivity index (χ4n) is 2.39. The lowest BCUT2D eigenvalue weighted by Crippen LogP contribution is -2.28. The fourth-order valence-corrected chi connectivity index (χ4v) is 2.39. The van der Waals surface area contributed by atoms with Gasteiger partial charge in [0.25, 0.3) is 5.56 Å². The second-order valence-corrected chi connectivity index (χ2v) is 5.04. The second-order valence-electron chi connectivity index (χ2n) is 5.04. The van der Waals surface area contributed by atoms with Crippen LogP contribution in [0.25, 0.3) is 5.65 Å². The van der Waals surface area contributed by atoms with Crippen molar-refractivity contribution in [2.24, 2.45) is 0 Å². The number of nitrogens with one attached hydrogen (secondary N) is 1. The summed E-state index contributed by atoms with van der Waals surface area (Å²) in [6.45, 7) is 1.68. The number of aliphatic hydroxyl groups excluding tert-OH is 1. The lowest BCUT2D eigenvalue weighted by Gasteiger charge is -2.20. The molecule has 22 heavy (non-hydrogen) atoms. The molecule has 0 saturated carbocycles. The molecule has 7 nitrogen and oxygen atoms in total. The first-order valence-corrected chi connectivity index (χ1v) is 7.04. The third-order valence-corrected chi connectivity index (χ3v) is 3.36. The number of H-pyrrole nitrogens is 1. The summed E-state index contributed by atoms with van der Waals surface area (Å²) in [5, 5.41) is 12.1. The van der Waals surface area contributed by atoms with Crippen LogP contribution in [0.5, 0.6) is 0 Å². The van der Waals surface area contributed by atoms with Gasteiger partial charge in [0, 0.05) is 50.4 Å². The van der Waals surface area contributed by atoms with Crippen LogP contribution in [0.2, 0.25) is 0 Å². The van der Waals surface area contributed by atoms with Crippen molar-refractivity contribution in [3.63, 3.8) is 0 Å². The number of aliphatic hydroxyl groups is 1. The molecule has 0 fully saturated rings. The zero-order valence-corrected chi connectivity index (χ0v) is 12.0. The van der Waals surface area contributed by atoms with Crippen molar-refractivity contribution >= 4 is 5.65 Å². The molecule has 0 unspecified atom stereocenters. The highest BCUT2D eigenvalue weighted by Crippen LogP contribution is 2.07. The minimum atomic E-state index is -0.143. The van der Waals surface area contributed by atoms with Gasteiger partial charge in [-0.2, -0.15) is 0 Å². The van der Waals surface area contributed by atoms with Gasteiger partial charge in [-0.15, -0.1) is 0 Å². The fraction of sp³-hybridized carbons (Fsp3) is 0.267. The van der Waals surface area contributed by atoms with Crippen LogP contribution >= 0.6 is 0 Å². The maximum absolute atomic E-state index is 12.0. The van der Waals surface area contributed by atoms with E-state index in [-0.39, 0.29) is 12.2 Å². The third-order valence-electron chi connectivity index (χ3n) is 3.36. The molecule has 0 radical (unpaired) electrons. The zero-order valence-electron chi connectivity index (χ0n) is 12.0. The van der Waals surface area contributed by atoms with E-state index in [1.54, 1.807) is 24.7 Å². The molecule has 3 aromatic heterocycles. The van der Waals surface area contributed by atoms with Crippen LogP contribution in [-0.4, -0.2) is 42.7 Å². The van der Waals surface area contributed by atoms with Crippen LogP contribution in [0.3, 0.4) is 0 Å². The summed E-state index contributed by atoms with van der Waals surface area (Å²) in [6, 6.07) is 7.12. The minimum Gasteiger partial charge on any atom is -0.395 e. The number of rotatable bonds is 6. The van der Waals surface area contributed by atoms with Crippen molar-refractivity contribution in [1.82, 2.24) is 24.5 Å². The standard InChI is InChI=1S/C15H17N5O2/c21-7-6-19(10-12-2-1-4-16-9-12)11-13-8-15(22)20-14(18-13)3-5-17-20/h1-5,8-9,17,21H,6-7,10-11H2. The van der Waals surface area contributed by atoms with Crippen molar-refractivity contribution in [1.29, 1.82) is 0 Å². The van der Waals surface area contributed by atoms with Gasteiger partial charge in [-0.05, 0) is 11.6 Å². The Morgan fingerprint density at radius 3 is 3.00 bits per heavy atom. The molecule has 0 aliphatic rings. The topological polar surface area (TPSA) is 86.5 Å². The van der Waals surface area contributed by atoms with Gasteiger partial charge in [0.05, 0.1) is 12.3 Å². The highest BCUT2D eigenvalue weighted by molar-refractivity contribution is 5.36. The molecule has 114 valence electrons. The number of fused-ring (bicyclic) bond motifs is 1. The molecule has 3 rings (SSSR count). The molecule has 0 aromatic carbocycles. The number of hydrogen-bond acceptors (Lipinski definition) is 5. The van der Waals surface area contributed by atoms with E-state index in [1.807, 2.05) is 17.0 Å². The Bertz CT molecular complexity index is 796. The third kappa shape index (κ3) is 3.21. The molecule has 0 amide bonds. The van der Waals surface area contributed by atoms with Gasteiger partial charge in [0.15, 0.2) is 5.65 Å². The van der Waals surface area contributed by atoms with E-state index in [2.05, 4.69) is 15.1 Å². The van der Waals surface area contributed by atoms with E-state index in [1.165, 1.54) is 10.6 Å². The highest BCUT2D eigenvalue weighted by atomic mass is 16.3. The van der Waals surface area contributed by atoms with Crippen LogP contribution in [0.1, 0.15) is 11.3 Å². The predicted molar refractivity (Wildman–Crippen MR) is 81.2 cm³/mol. The molecule has 0 aliphatic heterocycles. The molecule has 3 heterocycles. The van der Waals surface area contributed by atoms with E-state index in [4.69, 9.17) is 0 Å². The van der Waals surface area contributed by atoms with Crippen LogP contribution in [0, 0.1) is 0 Å². The molecule has 0 bridgehead atoms. The largest absolute Gasteiger partial charge is 0.395 e. The Morgan fingerprint density at radius 2 is 2.23 bits per heavy atom. The minimum absolute atomic E-state index is 0.0473. The Balaban J connectivity index is 1.81. The lowest BCUT2D eigenvalue weighted by atomic mass is 10.2. The maximum atomic E-state index is 12.0. The Hall–Kier alpha value is -2.51. The summed E-state index contributed by atoms with van der Waals surface area (Å²) in [5.74, 6) is 0. The predicted octanol–water partition coefficient (Wildman–Crippen LogP) is 0.412. The van der Waals surface area contributed by atoms with E-state index in [0.29, 0.717) is 31.0 Å². The summed E-state index contributed by atoms with van der Waals surface area (Å²) in [4.78, 5) is 22.5. The van der Waals surface area contributed by atoms with Gasteiger partial charge in [0.1, 0.15) is 0 Å². The van der Waals surface area contributed by atoms with Crippen molar-refractivity contribution in [2.45, 2.75) is 13.1 Å². The molecule has 0 aliphatic carbocycles. The molecule has 3 aromatic rings. The van der Waals surface area contributed by atoms with Gasteiger partial charge in [-0.3, -0.25) is 19.8 Å². The molecular formula is C15H17N5O2. The van der Waals surface area contributed by atoms with Crippen LogP contribution < -0.4 is 5.56 Å². The average Bonchev–Trinajstić information content (AvgIpc) is 2.97. The lowest BCUT2D eigenvalue weighted by molar-refractivity contribution is 0.183. The summed E-state index contributed by atoms with van der Waals surface area (Å²) in [6.07, 6.45) is 5.19. The smallest absolute Gasteiger partial charge is 0.272 e. The first-order chi connectivity index (χ1) is 10.8. The summed E-state index contributed by atoms with van der Waals surface area (Å²) >= 11 is 0. The van der Waals surface area contributed by atoms with Gasteiger partial charge in [0.2, 0.25) is 0 Å². The van der Waals surface area contributed by atoms with Crippen molar-refractivity contribution in [2.75, 3.05) is 13.2 Å². The van der Waals surface area contributed by atoms with Crippen molar-refractivity contribution in [3.8, 4) is 0 Å². The summed E-state index contributed by atoms with van der Waals surface area (Å²) in [7, 11) is 0. The average molecular weight is 299 g/mol. The van der Waals surface area contributed by atoms with Gasteiger partial charge >= 0.3 is 0 Å². The SMILES string of the molecule is O=c1cc(CN(CCO)Cc2cccnc2)nc2cc[nH]n12. The quantitative estimate of drug-likeness (QED) is 0.688. The molecule has 2 N–H and O–H groups in total. The number of aromatic amines is 1. The molecule has 0 spiro atoms. The van der Waals surface area contributed by atoms with E-state index < -0.39 is 0 Å². The van der Waals surface area contributed by atoms with E-state index in [9.17, 15) is 9.90 Å². The Morgan fingerprint density at radius 1 is 1.32 bits per heavy atom. The summed E-state index contributed by atoms with van der Waals surface area (Å²) in [5.41, 5.74) is 2.18. The monoisotopic (exact) mass is 299 g/mol. The van der Waals surface area contributed by atoms with Crippen molar-refractivity contribution < 1.29 is 5.11 Å². The maximum Gasteiger partial charge on any atom is 0.272 e. The first kappa shape index (κ1) is 14.4. The molecule has 0 saturated heterocycles. The zero-order chi connectivity index (χ0) is 15.4. The molecule has 0 atom stereocenters. The number of aromatic nitrogens is 4. The van der Waals surface area contributed by atoms with E-state index in [0.717, 1.165) is 5.56 Å². The number of hydrogen-bond donors (Lipinski definition) is 2. The molecule has 7 heteroatoms. The highest BCUT2D eigenvalue weighted by Gasteiger charge is 2.10. The molecular weight excluding hydrogens is 282 g/mol. The summed E-state index contributed by atoms with van der Waals surface area (Å²) < 4.78 is 1.39. The number of nitrogens with zero attached hydrogens (tertiary/aromatic N) is 4.